The molecule has 1 N–H and O–H groups in total. The van der Waals surface area contributed by atoms with Gasteiger partial charge in [-0.3, -0.25) is 4.79 Å². The zero-order valence-electron chi connectivity index (χ0n) is 13.8. The van der Waals surface area contributed by atoms with E-state index in [0.29, 0.717) is 35.4 Å². The first-order chi connectivity index (χ1) is 12.1. The highest BCUT2D eigenvalue weighted by atomic mass is 35.5. The van der Waals surface area contributed by atoms with E-state index in [9.17, 15) is 4.79 Å². The molecular weight excluding hydrogens is 342 g/mol. The number of anilines is 1. The number of carbonyl (C=O) groups is 1. The summed E-state index contributed by atoms with van der Waals surface area (Å²) in [5, 5.41) is 3.43. The molecule has 0 saturated heterocycles. The van der Waals surface area contributed by atoms with Crippen LogP contribution in [0, 0.1) is 0 Å². The van der Waals surface area contributed by atoms with E-state index in [2.05, 4.69) is 5.32 Å². The van der Waals surface area contributed by atoms with Gasteiger partial charge in [0.15, 0.2) is 11.5 Å². The van der Waals surface area contributed by atoms with Gasteiger partial charge in [-0.15, -0.1) is 0 Å². The molecule has 1 fully saturated rings. The molecule has 25 heavy (non-hydrogen) atoms. The molecule has 6 heteroatoms. The van der Waals surface area contributed by atoms with E-state index in [0.717, 1.165) is 24.2 Å². The molecule has 1 aliphatic heterocycles. The van der Waals surface area contributed by atoms with Crippen molar-refractivity contribution < 1.29 is 19.0 Å². The minimum atomic E-state index is -0.512. The second-order valence-corrected chi connectivity index (χ2v) is 6.65. The van der Waals surface area contributed by atoms with Crippen molar-refractivity contribution in [3.63, 3.8) is 0 Å². The number of ether oxygens (including phenoxy) is 3. The van der Waals surface area contributed by atoms with Gasteiger partial charge in [-0.05, 0) is 48.7 Å². The molecule has 1 amide bonds. The molecule has 0 aromatic heterocycles. The van der Waals surface area contributed by atoms with Crippen LogP contribution in [0.2, 0.25) is 5.02 Å². The van der Waals surface area contributed by atoms with Crippen LogP contribution in [0.5, 0.6) is 17.2 Å². The number of benzene rings is 2. The molecule has 0 unspecified atom stereocenters. The number of fused-ring (bicyclic) bond motifs is 1. The Morgan fingerprint density at radius 3 is 2.56 bits per heavy atom. The smallest absolute Gasteiger partial charge is 0.235 e. The Balaban J connectivity index is 1.56. The van der Waals surface area contributed by atoms with E-state index >= 15 is 0 Å². The lowest BCUT2D eigenvalue weighted by Crippen LogP contribution is -2.28. The zero-order valence-corrected chi connectivity index (χ0v) is 14.6. The van der Waals surface area contributed by atoms with Crippen molar-refractivity contribution in [2.75, 3.05) is 25.6 Å². The van der Waals surface area contributed by atoms with Gasteiger partial charge in [0.25, 0.3) is 0 Å². The van der Waals surface area contributed by atoms with E-state index in [1.54, 1.807) is 25.3 Å². The van der Waals surface area contributed by atoms with Gasteiger partial charge in [0, 0.05) is 5.69 Å². The highest BCUT2D eigenvalue weighted by Gasteiger charge is 2.51. The van der Waals surface area contributed by atoms with Crippen LogP contribution in [0.25, 0.3) is 0 Å². The maximum absolute atomic E-state index is 12.9. The summed E-state index contributed by atoms with van der Waals surface area (Å²) in [6, 6.07) is 11.0. The summed E-state index contributed by atoms with van der Waals surface area (Å²) in [5.41, 5.74) is 1.09. The first-order valence-corrected chi connectivity index (χ1v) is 8.55. The fraction of sp³-hybridized carbons (Fsp3) is 0.316. The summed E-state index contributed by atoms with van der Waals surface area (Å²) in [6.45, 7) is 1.08. The van der Waals surface area contributed by atoms with E-state index in [1.165, 1.54) is 0 Å². The van der Waals surface area contributed by atoms with E-state index in [4.69, 9.17) is 25.8 Å². The SMILES string of the molecule is COc1ccc(NC(=O)C2(c3ccc4c(c3)OCCO4)CC2)cc1Cl. The van der Waals surface area contributed by atoms with Gasteiger partial charge >= 0.3 is 0 Å². The Kier molecular flexibility index (Phi) is 3.96. The number of hydrogen-bond acceptors (Lipinski definition) is 4. The molecular formula is C19H18ClNO4. The topological polar surface area (TPSA) is 56.8 Å². The van der Waals surface area contributed by atoms with Gasteiger partial charge in [0.2, 0.25) is 5.91 Å². The van der Waals surface area contributed by atoms with Crippen molar-refractivity contribution in [3.05, 3.63) is 47.0 Å². The number of nitrogens with one attached hydrogen (secondary N) is 1. The standard InChI is InChI=1S/C19H18ClNO4/c1-23-15-5-3-13(11-14(15)20)21-18(22)19(6-7-19)12-2-4-16-17(10-12)25-9-8-24-16/h2-5,10-11H,6-9H2,1H3,(H,21,22). The summed E-state index contributed by atoms with van der Waals surface area (Å²) >= 11 is 6.13. The lowest BCUT2D eigenvalue weighted by molar-refractivity contribution is -0.118. The normalized spacial score (nSPS) is 16.9. The molecule has 0 radical (unpaired) electrons. The van der Waals surface area contributed by atoms with E-state index in [-0.39, 0.29) is 5.91 Å². The Labute approximate surface area is 150 Å². The quantitative estimate of drug-likeness (QED) is 0.902. The summed E-state index contributed by atoms with van der Waals surface area (Å²) in [4.78, 5) is 12.9. The van der Waals surface area contributed by atoms with Crippen LogP contribution in [0.1, 0.15) is 18.4 Å². The molecule has 1 heterocycles. The summed E-state index contributed by atoms with van der Waals surface area (Å²) in [7, 11) is 1.56. The van der Waals surface area contributed by atoms with Crippen LogP contribution < -0.4 is 19.5 Å². The van der Waals surface area contributed by atoms with Gasteiger partial charge in [-0.1, -0.05) is 17.7 Å². The molecule has 0 spiro atoms. The fourth-order valence-electron chi connectivity index (χ4n) is 3.11. The summed E-state index contributed by atoms with van der Waals surface area (Å²) < 4.78 is 16.3. The van der Waals surface area contributed by atoms with Crippen molar-refractivity contribution in [1.82, 2.24) is 0 Å². The highest BCUT2D eigenvalue weighted by Crippen LogP contribution is 2.51. The largest absolute Gasteiger partial charge is 0.495 e. The van der Waals surface area contributed by atoms with E-state index in [1.807, 2.05) is 18.2 Å². The summed E-state index contributed by atoms with van der Waals surface area (Å²) in [6.07, 6.45) is 1.62. The molecule has 0 bridgehead atoms. The molecule has 2 aromatic carbocycles. The third kappa shape index (κ3) is 2.89. The number of rotatable bonds is 4. The molecule has 5 nitrogen and oxygen atoms in total. The predicted molar refractivity (Wildman–Crippen MR) is 95.0 cm³/mol. The van der Waals surface area contributed by atoms with Crippen LogP contribution in [0.4, 0.5) is 5.69 Å². The molecule has 2 aliphatic rings. The zero-order chi connectivity index (χ0) is 17.4. The molecule has 1 aliphatic carbocycles. The van der Waals surface area contributed by atoms with Crippen LogP contribution in [-0.4, -0.2) is 26.2 Å². The number of halogens is 1. The van der Waals surface area contributed by atoms with Crippen molar-refractivity contribution in [3.8, 4) is 17.2 Å². The second kappa shape index (κ2) is 6.15. The average Bonchev–Trinajstić information content (AvgIpc) is 3.43. The third-order valence-corrected chi connectivity index (χ3v) is 4.98. The Bertz CT molecular complexity index is 832. The van der Waals surface area contributed by atoms with Gasteiger partial charge in [-0.25, -0.2) is 0 Å². The third-order valence-electron chi connectivity index (χ3n) is 4.69. The van der Waals surface area contributed by atoms with Gasteiger partial charge in [0.1, 0.15) is 19.0 Å². The maximum atomic E-state index is 12.9. The van der Waals surface area contributed by atoms with Crippen LogP contribution in [-0.2, 0) is 10.2 Å². The van der Waals surface area contributed by atoms with Crippen LogP contribution in [0.3, 0.4) is 0 Å². The molecule has 1 saturated carbocycles. The monoisotopic (exact) mass is 359 g/mol. The van der Waals surface area contributed by atoms with Gasteiger partial charge in [-0.2, -0.15) is 0 Å². The number of methoxy groups -OCH3 is 1. The minimum Gasteiger partial charge on any atom is -0.495 e. The average molecular weight is 360 g/mol. The molecule has 0 atom stereocenters. The number of carbonyl (C=O) groups excluding carboxylic acids is 1. The maximum Gasteiger partial charge on any atom is 0.235 e. The van der Waals surface area contributed by atoms with E-state index < -0.39 is 5.41 Å². The van der Waals surface area contributed by atoms with Crippen LogP contribution >= 0.6 is 11.6 Å². The van der Waals surface area contributed by atoms with Crippen molar-refractivity contribution in [1.29, 1.82) is 0 Å². The van der Waals surface area contributed by atoms with Gasteiger partial charge in [0.05, 0.1) is 17.5 Å². The summed E-state index contributed by atoms with van der Waals surface area (Å²) in [5.74, 6) is 1.97. The van der Waals surface area contributed by atoms with Crippen molar-refractivity contribution in [2.45, 2.75) is 18.3 Å². The van der Waals surface area contributed by atoms with Gasteiger partial charge < -0.3 is 19.5 Å². The first kappa shape index (κ1) is 16.1. The van der Waals surface area contributed by atoms with Crippen molar-refractivity contribution in [2.24, 2.45) is 0 Å². The lowest BCUT2D eigenvalue weighted by atomic mass is 9.94. The molecule has 130 valence electrons. The molecule has 4 rings (SSSR count). The molecule has 2 aromatic rings. The minimum absolute atomic E-state index is 0.0367. The number of hydrogen-bond donors (Lipinski definition) is 1. The Morgan fingerprint density at radius 2 is 1.88 bits per heavy atom. The van der Waals surface area contributed by atoms with Crippen molar-refractivity contribution >= 4 is 23.2 Å². The Morgan fingerprint density at radius 1 is 1.12 bits per heavy atom. The van der Waals surface area contributed by atoms with Crippen LogP contribution in [0.15, 0.2) is 36.4 Å². The Hall–Kier alpha value is -2.40. The number of amides is 1. The highest BCUT2D eigenvalue weighted by molar-refractivity contribution is 6.32. The predicted octanol–water partition coefficient (Wildman–Crippen LogP) is 3.79. The first-order valence-electron chi connectivity index (χ1n) is 8.17. The fourth-order valence-corrected chi connectivity index (χ4v) is 3.37. The lowest BCUT2D eigenvalue weighted by Gasteiger charge is -2.21. The second-order valence-electron chi connectivity index (χ2n) is 6.24.